The second-order valence-electron chi connectivity index (χ2n) is 5.18. The average Bonchev–Trinajstić information content (AvgIpc) is 2.91. The van der Waals surface area contributed by atoms with E-state index in [4.69, 9.17) is 9.47 Å². The van der Waals surface area contributed by atoms with Gasteiger partial charge in [0.2, 0.25) is 0 Å². The molecule has 3 nitrogen and oxygen atoms in total. The number of hydrogen-bond donors (Lipinski definition) is 0. The predicted molar refractivity (Wildman–Crippen MR) is 77.4 cm³/mol. The highest BCUT2D eigenvalue weighted by Gasteiger charge is 2.22. The summed E-state index contributed by atoms with van der Waals surface area (Å²) in [6, 6.07) is 9.95. The lowest BCUT2D eigenvalue weighted by molar-refractivity contribution is 0.0589. The van der Waals surface area contributed by atoms with Crippen molar-refractivity contribution in [3.05, 3.63) is 30.3 Å². The molecule has 1 aliphatic heterocycles. The van der Waals surface area contributed by atoms with Crippen LogP contribution in [0.15, 0.2) is 30.3 Å². The van der Waals surface area contributed by atoms with E-state index in [9.17, 15) is 0 Å². The summed E-state index contributed by atoms with van der Waals surface area (Å²) in [7, 11) is 0. The largest absolute Gasteiger partial charge is 0.491 e. The van der Waals surface area contributed by atoms with Gasteiger partial charge >= 0.3 is 0 Å². The molecule has 1 aliphatic rings. The summed E-state index contributed by atoms with van der Waals surface area (Å²) >= 11 is 0. The average molecular weight is 263 g/mol. The standard InChI is InChI=1S/C16H25NO2/c1-2-3-4-8-11-17-12-16(19-14-17)13-18-15-9-6-5-7-10-15/h5-7,9-10,16H,2-4,8,11-14H2,1H3. The van der Waals surface area contributed by atoms with Gasteiger partial charge in [-0.25, -0.2) is 0 Å². The molecule has 0 spiro atoms. The van der Waals surface area contributed by atoms with Crippen LogP contribution in [0.2, 0.25) is 0 Å². The van der Waals surface area contributed by atoms with Gasteiger partial charge in [0.25, 0.3) is 0 Å². The van der Waals surface area contributed by atoms with E-state index in [1.54, 1.807) is 0 Å². The molecule has 1 saturated heterocycles. The molecular formula is C16H25NO2. The molecule has 1 aromatic rings. The SMILES string of the molecule is CCCCCCN1COC(COc2ccccc2)C1. The Morgan fingerprint density at radius 3 is 2.84 bits per heavy atom. The second-order valence-corrected chi connectivity index (χ2v) is 5.18. The Morgan fingerprint density at radius 2 is 2.05 bits per heavy atom. The molecule has 0 radical (unpaired) electrons. The quantitative estimate of drug-likeness (QED) is 0.672. The van der Waals surface area contributed by atoms with Crippen LogP contribution in [0.4, 0.5) is 0 Å². The Bertz CT molecular complexity index is 342. The first-order valence-electron chi connectivity index (χ1n) is 7.40. The Morgan fingerprint density at radius 1 is 1.21 bits per heavy atom. The summed E-state index contributed by atoms with van der Waals surface area (Å²) in [4.78, 5) is 2.38. The molecule has 2 rings (SSSR count). The van der Waals surface area contributed by atoms with Crippen LogP contribution >= 0.6 is 0 Å². The number of hydrogen-bond acceptors (Lipinski definition) is 3. The van der Waals surface area contributed by atoms with Crippen molar-refractivity contribution in [1.82, 2.24) is 4.90 Å². The number of nitrogens with zero attached hydrogens (tertiary/aromatic N) is 1. The Kier molecular flexibility index (Phi) is 6.18. The summed E-state index contributed by atoms with van der Waals surface area (Å²) in [5.41, 5.74) is 0. The van der Waals surface area contributed by atoms with Gasteiger partial charge in [0.15, 0.2) is 0 Å². The zero-order valence-electron chi connectivity index (χ0n) is 11.9. The Labute approximate surface area is 116 Å². The highest BCUT2D eigenvalue weighted by atomic mass is 16.5. The molecule has 0 N–H and O–H groups in total. The van der Waals surface area contributed by atoms with Crippen LogP contribution in [0.5, 0.6) is 5.75 Å². The summed E-state index contributed by atoms with van der Waals surface area (Å²) in [6.07, 6.45) is 5.47. The molecule has 0 amide bonds. The predicted octanol–water partition coefficient (Wildman–Crippen LogP) is 3.30. The van der Waals surface area contributed by atoms with Crippen LogP contribution in [-0.4, -0.2) is 37.4 Å². The monoisotopic (exact) mass is 263 g/mol. The van der Waals surface area contributed by atoms with Crippen LogP contribution in [0.25, 0.3) is 0 Å². The zero-order valence-corrected chi connectivity index (χ0v) is 11.9. The van der Waals surface area contributed by atoms with E-state index in [2.05, 4.69) is 11.8 Å². The molecule has 0 saturated carbocycles. The van der Waals surface area contributed by atoms with Crippen molar-refractivity contribution >= 4 is 0 Å². The minimum absolute atomic E-state index is 0.214. The highest BCUT2D eigenvalue weighted by Crippen LogP contribution is 2.13. The maximum atomic E-state index is 5.75. The summed E-state index contributed by atoms with van der Waals surface area (Å²) in [5.74, 6) is 0.924. The molecule has 19 heavy (non-hydrogen) atoms. The fraction of sp³-hybridized carbons (Fsp3) is 0.625. The molecule has 3 heteroatoms. The third kappa shape index (κ3) is 5.21. The van der Waals surface area contributed by atoms with Gasteiger partial charge in [0.1, 0.15) is 18.5 Å². The molecule has 1 aromatic carbocycles. The maximum Gasteiger partial charge on any atom is 0.119 e. The van der Waals surface area contributed by atoms with Crippen molar-refractivity contribution in [2.75, 3.05) is 26.4 Å². The molecule has 1 atom stereocenters. The molecule has 1 unspecified atom stereocenters. The number of rotatable bonds is 8. The van der Waals surface area contributed by atoms with Crippen LogP contribution in [-0.2, 0) is 4.74 Å². The van der Waals surface area contributed by atoms with E-state index in [1.165, 1.54) is 25.7 Å². The minimum atomic E-state index is 0.214. The zero-order chi connectivity index (χ0) is 13.3. The van der Waals surface area contributed by atoms with Crippen molar-refractivity contribution in [1.29, 1.82) is 0 Å². The van der Waals surface area contributed by atoms with Crippen LogP contribution < -0.4 is 4.74 Å². The smallest absolute Gasteiger partial charge is 0.119 e. The number of para-hydroxylation sites is 1. The van der Waals surface area contributed by atoms with Crippen LogP contribution in [0.3, 0.4) is 0 Å². The molecular weight excluding hydrogens is 238 g/mol. The van der Waals surface area contributed by atoms with E-state index in [0.29, 0.717) is 6.61 Å². The van der Waals surface area contributed by atoms with Gasteiger partial charge < -0.3 is 9.47 Å². The molecule has 1 heterocycles. The lowest BCUT2D eigenvalue weighted by atomic mass is 10.2. The van der Waals surface area contributed by atoms with Crippen molar-refractivity contribution in [3.8, 4) is 5.75 Å². The molecule has 0 aromatic heterocycles. The normalized spacial score (nSPS) is 19.7. The minimum Gasteiger partial charge on any atom is -0.491 e. The third-order valence-corrected chi connectivity index (χ3v) is 3.46. The van der Waals surface area contributed by atoms with E-state index in [-0.39, 0.29) is 6.10 Å². The van der Waals surface area contributed by atoms with Gasteiger partial charge in [-0.3, -0.25) is 4.90 Å². The van der Waals surface area contributed by atoms with Crippen molar-refractivity contribution in [2.45, 2.75) is 38.7 Å². The summed E-state index contributed by atoms with van der Waals surface area (Å²) < 4.78 is 11.5. The Balaban J connectivity index is 1.60. The fourth-order valence-electron chi connectivity index (χ4n) is 2.33. The van der Waals surface area contributed by atoms with Gasteiger partial charge in [-0.2, -0.15) is 0 Å². The highest BCUT2D eigenvalue weighted by molar-refractivity contribution is 5.20. The lowest BCUT2D eigenvalue weighted by Crippen LogP contribution is -2.26. The summed E-state index contributed by atoms with van der Waals surface area (Å²) in [6.45, 7) is 5.81. The fourth-order valence-corrected chi connectivity index (χ4v) is 2.33. The van der Waals surface area contributed by atoms with Crippen molar-refractivity contribution in [3.63, 3.8) is 0 Å². The van der Waals surface area contributed by atoms with E-state index in [1.807, 2.05) is 30.3 Å². The van der Waals surface area contributed by atoms with Gasteiger partial charge in [0, 0.05) is 13.1 Å². The van der Waals surface area contributed by atoms with Crippen LogP contribution in [0, 0.1) is 0 Å². The third-order valence-electron chi connectivity index (χ3n) is 3.46. The van der Waals surface area contributed by atoms with E-state index in [0.717, 1.165) is 25.6 Å². The second kappa shape index (κ2) is 8.18. The molecule has 1 fully saturated rings. The van der Waals surface area contributed by atoms with Gasteiger partial charge in [-0.1, -0.05) is 44.4 Å². The van der Waals surface area contributed by atoms with Crippen molar-refractivity contribution in [2.24, 2.45) is 0 Å². The lowest BCUT2D eigenvalue weighted by Gasteiger charge is -2.13. The number of ether oxygens (including phenoxy) is 2. The van der Waals surface area contributed by atoms with E-state index >= 15 is 0 Å². The molecule has 106 valence electrons. The summed E-state index contributed by atoms with van der Waals surface area (Å²) in [5, 5.41) is 0. The number of unbranched alkanes of at least 4 members (excludes halogenated alkanes) is 3. The first-order valence-corrected chi connectivity index (χ1v) is 7.40. The van der Waals surface area contributed by atoms with Gasteiger partial charge in [-0.15, -0.1) is 0 Å². The first-order chi connectivity index (χ1) is 9.38. The number of benzene rings is 1. The van der Waals surface area contributed by atoms with Crippen molar-refractivity contribution < 1.29 is 9.47 Å². The van der Waals surface area contributed by atoms with Gasteiger partial charge in [-0.05, 0) is 18.6 Å². The maximum absolute atomic E-state index is 5.75. The Hall–Kier alpha value is -1.06. The van der Waals surface area contributed by atoms with Gasteiger partial charge in [0.05, 0.1) is 6.73 Å². The first kappa shape index (κ1) is 14.4. The molecule has 0 aliphatic carbocycles. The van der Waals surface area contributed by atoms with E-state index < -0.39 is 0 Å². The van der Waals surface area contributed by atoms with Crippen LogP contribution in [0.1, 0.15) is 32.6 Å². The molecule has 0 bridgehead atoms. The topological polar surface area (TPSA) is 21.7 Å².